The molecule has 0 amide bonds. The van der Waals surface area contributed by atoms with Crippen LogP contribution < -0.4 is 0 Å². The van der Waals surface area contributed by atoms with Crippen LogP contribution in [0.25, 0.3) is 0 Å². The van der Waals surface area contributed by atoms with Gasteiger partial charge in [0.2, 0.25) is 0 Å². The summed E-state index contributed by atoms with van der Waals surface area (Å²) in [6, 6.07) is 0. The van der Waals surface area contributed by atoms with E-state index in [0.29, 0.717) is 19.1 Å². The molecular formula is C13H25NO4. The summed E-state index contributed by atoms with van der Waals surface area (Å²) in [5.41, 5.74) is -0.638. The standard InChI is InChI=1S/C13H25NO4/c1-3-4-5-6-11(2)12-17-9-13(8-15,7-14-16)10-18-12/h11-12,15H,3-10H2,1-2H3. The van der Waals surface area contributed by atoms with Crippen molar-refractivity contribution < 1.29 is 14.6 Å². The monoisotopic (exact) mass is 259 g/mol. The van der Waals surface area contributed by atoms with Gasteiger partial charge in [-0.05, 0) is 6.42 Å². The predicted molar refractivity (Wildman–Crippen MR) is 69.2 cm³/mol. The van der Waals surface area contributed by atoms with E-state index in [-0.39, 0.29) is 19.4 Å². The molecule has 5 nitrogen and oxygen atoms in total. The molecule has 0 aliphatic carbocycles. The zero-order valence-electron chi connectivity index (χ0n) is 11.4. The molecule has 1 N–H and O–H groups in total. The first kappa shape index (κ1) is 15.5. The van der Waals surface area contributed by atoms with Crippen LogP contribution >= 0.6 is 0 Å². The van der Waals surface area contributed by atoms with Gasteiger partial charge in [-0.25, -0.2) is 0 Å². The van der Waals surface area contributed by atoms with Gasteiger partial charge in [-0.15, -0.1) is 0 Å². The number of nitrogens with zero attached hydrogens (tertiary/aromatic N) is 1. The van der Waals surface area contributed by atoms with Crippen molar-refractivity contribution in [2.75, 3.05) is 26.4 Å². The van der Waals surface area contributed by atoms with Gasteiger partial charge in [0.25, 0.3) is 0 Å². The molecule has 1 unspecified atom stereocenters. The minimum absolute atomic E-state index is 0.0421. The molecule has 0 bridgehead atoms. The van der Waals surface area contributed by atoms with E-state index in [4.69, 9.17) is 9.47 Å². The Bertz CT molecular complexity index is 239. The van der Waals surface area contributed by atoms with Crippen molar-refractivity contribution in [1.82, 2.24) is 0 Å². The summed E-state index contributed by atoms with van der Waals surface area (Å²) in [4.78, 5) is 10.4. The number of hydrogen-bond donors (Lipinski definition) is 1. The Morgan fingerprint density at radius 3 is 2.56 bits per heavy atom. The second-order valence-electron chi connectivity index (χ2n) is 5.41. The summed E-state index contributed by atoms with van der Waals surface area (Å²) in [5, 5.41) is 12.2. The third-order valence-electron chi connectivity index (χ3n) is 3.57. The van der Waals surface area contributed by atoms with Crippen LogP contribution in [0, 0.1) is 16.2 Å². The van der Waals surface area contributed by atoms with Gasteiger partial charge < -0.3 is 14.6 Å². The Morgan fingerprint density at radius 1 is 1.39 bits per heavy atom. The number of ether oxygens (including phenoxy) is 2. The lowest BCUT2D eigenvalue weighted by atomic mass is 9.90. The molecule has 106 valence electrons. The average Bonchev–Trinajstić information content (AvgIpc) is 2.40. The maximum Gasteiger partial charge on any atom is 0.160 e. The van der Waals surface area contributed by atoms with Crippen LogP contribution in [0.1, 0.15) is 39.5 Å². The molecule has 1 aliphatic rings. The highest BCUT2D eigenvalue weighted by molar-refractivity contribution is 4.84. The van der Waals surface area contributed by atoms with Crippen molar-refractivity contribution >= 4 is 0 Å². The Balaban J connectivity index is 2.35. The van der Waals surface area contributed by atoms with Crippen LogP contribution in [0.3, 0.4) is 0 Å². The topological polar surface area (TPSA) is 68.1 Å². The lowest BCUT2D eigenvalue weighted by Crippen LogP contribution is -2.47. The van der Waals surface area contributed by atoms with Crippen LogP contribution in [0.15, 0.2) is 5.18 Å². The largest absolute Gasteiger partial charge is 0.396 e. The van der Waals surface area contributed by atoms with Gasteiger partial charge in [-0.2, -0.15) is 4.91 Å². The fourth-order valence-electron chi connectivity index (χ4n) is 2.16. The number of aliphatic hydroxyl groups is 1. The minimum atomic E-state index is -0.638. The molecule has 1 saturated heterocycles. The molecule has 5 heteroatoms. The lowest BCUT2D eigenvalue weighted by Gasteiger charge is -2.39. The third-order valence-corrected chi connectivity index (χ3v) is 3.57. The van der Waals surface area contributed by atoms with Crippen molar-refractivity contribution in [2.45, 2.75) is 45.8 Å². The van der Waals surface area contributed by atoms with E-state index in [1.165, 1.54) is 19.3 Å². The molecule has 0 saturated carbocycles. The average molecular weight is 259 g/mol. The fourth-order valence-corrected chi connectivity index (χ4v) is 2.16. The van der Waals surface area contributed by atoms with Crippen molar-refractivity contribution in [3.8, 4) is 0 Å². The van der Waals surface area contributed by atoms with Crippen molar-refractivity contribution in [3.05, 3.63) is 4.91 Å². The molecule has 0 radical (unpaired) electrons. The van der Waals surface area contributed by atoms with Crippen LogP contribution in [-0.4, -0.2) is 37.8 Å². The number of rotatable bonds is 8. The molecule has 1 atom stereocenters. The lowest BCUT2D eigenvalue weighted by molar-refractivity contribution is -0.252. The van der Waals surface area contributed by atoms with E-state index in [1.807, 2.05) is 0 Å². The summed E-state index contributed by atoms with van der Waals surface area (Å²) in [6.45, 7) is 4.90. The molecule has 0 aromatic carbocycles. The second kappa shape index (κ2) is 7.81. The van der Waals surface area contributed by atoms with E-state index in [1.54, 1.807) is 0 Å². The predicted octanol–water partition coefficient (Wildman–Crippen LogP) is 2.32. The van der Waals surface area contributed by atoms with Gasteiger partial charge in [-0.1, -0.05) is 38.3 Å². The van der Waals surface area contributed by atoms with Crippen LogP contribution in [0.4, 0.5) is 0 Å². The van der Waals surface area contributed by atoms with Gasteiger partial charge in [0.15, 0.2) is 6.29 Å². The molecule has 1 heterocycles. The quantitative estimate of drug-likeness (QED) is 0.536. The number of aliphatic hydroxyl groups excluding tert-OH is 1. The van der Waals surface area contributed by atoms with E-state index in [9.17, 15) is 10.0 Å². The summed E-state index contributed by atoms with van der Waals surface area (Å²) < 4.78 is 11.3. The second-order valence-corrected chi connectivity index (χ2v) is 5.41. The van der Waals surface area contributed by atoms with Gasteiger partial charge in [-0.3, -0.25) is 0 Å². The smallest absolute Gasteiger partial charge is 0.160 e. The maximum atomic E-state index is 10.4. The zero-order chi connectivity index (χ0) is 13.4. The first-order chi connectivity index (χ1) is 8.67. The molecule has 0 aromatic heterocycles. The normalized spacial score (nSPS) is 30.1. The van der Waals surface area contributed by atoms with Gasteiger partial charge in [0.1, 0.15) is 0 Å². The Labute approximate surface area is 109 Å². The van der Waals surface area contributed by atoms with Gasteiger partial charge >= 0.3 is 0 Å². The van der Waals surface area contributed by atoms with E-state index >= 15 is 0 Å². The Kier molecular flexibility index (Phi) is 6.75. The maximum absolute atomic E-state index is 10.4. The molecule has 1 rings (SSSR count). The van der Waals surface area contributed by atoms with Crippen LogP contribution in [0.5, 0.6) is 0 Å². The Hall–Kier alpha value is -0.520. The fraction of sp³-hybridized carbons (Fsp3) is 1.00. The zero-order valence-corrected chi connectivity index (χ0v) is 11.4. The Morgan fingerprint density at radius 2 is 2.06 bits per heavy atom. The summed E-state index contributed by atoms with van der Waals surface area (Å²) in [5.74, 6) is 0.345. The highest BCUT2D eigenvalue weighted by Gasteiger charge is 2.38. The van der Waals surface area contributed by atoms with E-state index in [0.717, 1.165) is 6.42 Å². The van der Waals surface area contributed by atoms with E-state index < -0.39 is 5.41 Å². The third kappa shape index (κ3) is 4.30. The highest BCUT2D eigenvalue weighted by atomic mass is 16.7. The molecule has 1 fully saturated rings. The van der Waals surface area contributed by atoms with Crippen LogP contribution in [0.2, 0.25) is 0 Å². The van der Waals surface area contributed by atoms with Crippen molar-refractivity contribution in [2.24, 2.45) is 16.5 Å². The van der Waals surface area contributed by atoms with E-state index in [2.05, 4.69) is 19.0 Å². The summed E-state index contributed by atoms with van der Waals surface area (Å²) >= 11 is 0. The highest BCUT2D eigenvalue weighted by Crippen LogP contribution is 2.29. The molecule has 18 heavy (non-hydrogen) atoms. The summed E-state index contributed by atoms with van der Waals surface area (Å²) in [7, 11) is 0. The first-order valence-corrected chi connectivity index (χ1v) is 6.80. The molecule has 0 aromatic rings. The minimum Gasteiger partial charge on any atom is -0.396 e. The van der Waals surface area contributed by atoms with Crippen molar-refractivity contribution in [3.63, 3.8) is 0 Å². The number of unbranched alkanes of at least 4 members (excludes halogenated alkanes) is 2. The van der Waals surface area contributed by atoms with Crippen LogP contribution in [-0.2, 0) is 9.47 Å². The molecule has 0 spiro atoms. The van der Waals surface area contributed by atoms with Gasteiger partial charge in [0, 0.05) is 5.92 Å². The summed E-state index contributed by atoms with van der Waals surface area (Å²) in [6.07, 6.45) is 4.48. The van der Waals surface area contributed by atoms with Gasteiger partial charge in [0.05, 0.1) is 31.8 Å². The number of hydrogen-bond acceptors (Lipinski definition) is 5. The SMILES string of the molecule is CCCCCC(C)C1OCC(CO)(CN=O)CO1. The first-order valence-electron chi connectivity index (χ1n) is 6.80. The molecular weight excluding hydrogens is 234 g/mol. The van der Waals surface area contributed by atoms with Crippen molar-refractivity contribution in [1.29, 1.82) is 0 Å². The molecule has 1 aliphatic heterocycles. The number of nitroso groups, excluding NO2 is 1.